The number of carbonyl (C=O) groups is 3. The molecule has 0 unspecified atom stereocenters. The molecule has 2 bridgehead atoms. The molecule has 4 rings (SSSR count). The van der Waals surface area contributed by atoms with Crippen molar-refractivity contribution in [2.75, 3.05) is 0 Å². The van der Waals surface area contributed by atoms with E-state index < -0.39 is 17.7 Å². The van der Waals surface area contributed by atoms with Gasteiger partial charge in [0, 0.05) is 10.3 Å². The third-order valence-electron chi connectivity index (χ3n) is 4.49. The maximum absolute atomic E-state index is 12.4. The van der Waals surface area contributed by atoms with Gasteiger partial charge in [0.05, 0.1) is 29.6 Å². The zero-order valence-electron chi connectivity index (χ0n) is 11.4. The van der Waals surface area contributed by atoms with E-state index >= 15 is 0 Å². The number of ether oxygens (including phenoxy) is 1. The monoisotopic (exact) mass is 306 g/mol. The minimum Gasteiger partial charge on any atom is -0.373 e. The molecule has 3 aliphatic rings. The van der Waals surface area contributed by atoms with Gasteiger partial charge in [0.1, 0.15) is 0 Å². The van der Waals surface area contributed by atoms with E-state index in [2.05, 4.69) is 5.43 Å². The number of rotatable bonds is 2. The summed E-state index contributed by atoms with van der Waals surface area (Å²) in [6, 6.07) is 1.73. The Balaban J connectivity index is 1.55. The predicted octanol–water partition coefficient (Wildman–Crippen LogP) is 0.864. The Morgan fingerprint density at radius 3 is 2.43 bits per heavy atom. The minimum atomic E-state index is -0.422. The van der Waals surface area contributed by atoms with Gasteiger partial charge in [-0.3, -0.25) is 19.8 Å². The van der Waals surface area contributed by atoms with E-state index in [-0.39, 0.29) is 24.0 Å². The molecule has 0 radical (unpaired) electrons. The quantitative estimate of drug-likeness (QED) is 0.822. The summed E-state index contributed by atoms with van der Waals surface area (Å²) in [4.78, 5) is 37.9. The van der Waals surface area contributed by atoms with Crippen LogP contribution in [0.3, 0.4) is 0 Å². The third kappa shape index (κ3) is 1.77. The molecule has 110 valence electrons. The van der Waals surface area contributed by atoms with Gasteiger partial charge in [0.15, 0.2) is 0 Å². The number of thiophene rings is 1. The summed E-state index contributed by atoms with van der Waals surface area (Å²) in [5, 5.41) is 2.61. The Morgan fingerprint density at radius 1 is 1.29 bits per heavy atom. The van der Waals surface area contributed by atoms with E-state index in [4.69, 9.17) is 4.74 Å². The SMILES string of the molecule is Cc1cc(C(=O)NN2C(=O)[C@@H]3[C@H](C2=O)[C@@H]2CC[C@H]3O2)cs1. The lowest BCUT2D eigenvalue weighted by Crippen LogP contribution is -2.47. The molecule has 3 fully saturated rings. The molecule has 4 atom stereocenters. The van der Waals surface area contributed by atoms with Gasteiger partial charge in [0.2, 0.25) is 0 Å². The van der Waals surface area contributed by atoms with Crippen molar-refractivity contribution >= 4 is 29.1 Å². The molecule has 1 N–H and O–H groups in total. The molecule has 1 aromatic heterocycles. The van der Waals surface area contributed by atoms with Gasteiger partial charge in [-0.1, -0.05) is 0 Å². The zero-order chi connectivity index (χ0) is 14.7. The number of amides is 3. The Kier molecular flexibility index (Phi) is 2.71. The van der Waals surface area contributed by atoms with Crippen LogP contribution in [0.15, 0.2) is 11.4 Å². The van der Waals surface area contributed by atoms with Gasteiger partial charge < -0.3 is 4.74 Å². The molecule has 7 heteroatoms. The van der Waals surface area contributed by atoms with E-state index in [0.29, 0.717) is 5.56 Å². The highest BCUT2D eigenvalue weighted by atomic mass is 32.1. The summed E-state index contributed by atoms with van der Waals surface area (Å²) in [5.74, 6) is -1.93. The summed E-state index contributed by atoms with van der Waals surface area (Å²) in [6.07, 6.45) is 1.30. The van der Waals surface area contributed by atoms with Gasteiger partial charge >= 0.3 is 0 Å². The summed E-state index contributed by atoms with van der Waals surface area (Å²) in [5.41, 5.74) is 2.92. The summed E-state index contributed by atoms with van der Waals surface area (Å²) in [6.45, 7) is 1.90. The lowest BCUT2D eigenvalue weighted by atomic mass is 9.81. The highest BCUT2D eigenvalue weighted by Crippen LogP contribution is 2.48. The molecule has 3 amide bonds. The maximum atomic E-state index is 12.4. The molecule has 3 aliphatic heterocycles. The number of nitrogens with one attached hydrogen (secondary N) is 1. The standard InChI is InChI=1S/C14H14N2O4S/c1-6-4-7(5-21-6)12(17)15-16-13(18)10-8-2-3-9(20-8)11(10)14(16)19/h4-5,8-11H,2-3H2,1H3,(H,15,17)/t8-,9+,10+,11-. The van der Waals surface area contributed by atoms with Crippen LogP contribution < -0.4 is 5.43 Å². The maximum Gasteiger partial charge on any atom is 0.271 e. The Hall–Kier alpha value is -1.73. The van der Waals surface area contributed by atoms with E-state index in [0.717, 1.165) is 22.7 Å². The first-order valence-corrected chi connectivity index (χ1v) is 7.83. The van der Waals surface area contributed by atoms with Crippen LogP contribution in [-0.2, 0) is 14.3 Å². The van der Waals surface area contributed by atoms with Gasteiger partial charge in [0.25, 0.3) is 17.7 Å². The van der Waals surface area contributed by atoms with Crippen molar-refractivity contribution in [3.05, 3.63) is 21.9 Å². The zero-order valence-corrected chi connectivity index (χ0v) is 12.2. The fourth-order valence-corrected chi connectivity index (χ4v) is 4.23. The van der Waals surface area contributed by atoms with Crippen LogP contribution >= 0.6 is 11.3 Å². The lowest BCUT2D eigenvalue weighted by Gasteiger charge is -2.17. The summed E-state index contributed by atoms with van der Waals surface area (Å²) >= 11 is 1.45. The second-order valence-corrected chi connectivity index (χ2v) is 6.86. The van der Waals surface area contributed by atoms with Crippen LogP contribution in [0.2, 0.25) is 0 Å². The highest BCUT2D eigenvalue weighted by molar-refractivity contribution is 7.10. The second-order valence-electron chi connectivity index (χ2n) is 5.74. The molecule has 0 spiro atoms. The average Bonchev–Trinajstić information content (AvgIpc) is 3.19. The molecule has 0 aliphatic carbocycles. The van der Waals surface area contributed by atoms with Crippen LogP contribution in [0, 0.1) is 18.8 Å². The first-order valence-electron chi connectivity index (χ1n) is 6.95. The van der Waals surface area contributed by atoms with E-state index in [9.17, 15) is 14.4 Å². The van der Waals surface area contributed by atoms with Gasteiger partial charge in [-0.2, -0.15) is 5.01 Å². The molecule has 3 saturated heterocycles. The van der Waals surface area contributed by atoms with Crippen molar-refractivity contribution < 1.29 is 19.1 Å². The fourth-order valence-electron chi connectivity index (χ4n) is 3.55. The van der Waals surface area contributed by atoms with Crippen molar-refractivity contribution in [3.63, 3.8) is 0 Å². The number of imide groups is 1. The minimum absolute atomic E-state index is 0.165. The molecule has 1 aromatic rings. The largest absolute Gasteiger partial charge is 0.373 e. The van der Waals surface area contributed by atoms with Gasteiger partial charge in [-0.15, -0.1) is 11.3 Å². The van der Waals surface area contributed by atoms with Crippen molar-refractivity contribution in [3.8, 4) is 0 Å². The summed E-state index contributed by atoms with van der Waals surface area (Å²) in [7, 11) is 0. The van der Waals surface area contributed by atoms with Crippen molar-refractivity contribution in [1.82, 2.24) is 10.4 Å². The average molecular weight is 306 g/mol. The van der Waals surface area contributed by atoms with Crippen LogP contribution in [0.4, 0.5) is 0 Å². The van der Waals surface area contributed by atoms with Crippen molar-refractivity contribution in [1.29, 1.82) is 0 Å². The lowest BCUT2D eigenvalue weighted by molar-refractivity contribution is -0.145. The smallest absolute Gasteiger partial charge is 0.271 e. The van der Waals surface area contributed by atoms with Crippen molar-refractivity contribution in [2.45, 2.75) is 32.0 Å². The van der Waals surface area contributed by atoms with Crippen molar-refractivity contribution in [2.24, 2.45) is 11.8 Å². The Bertz CT molecular complexity index is 627. The topological polar surface area (TPSA) is 75.7 Å². The highest BCUT2D eigenvalue weighted by Gasteiger charge is 2.62. The third-order valence-corrected chi connectivity index (χ3v) is 5.35. The number of hydrogen-bond acceptors (Lipinski definition) is 5. The molecule has 21 heavy (non-hydrogen) atoms. The number of carbonyl (C=O) groups excluding carboxylic acids is 3. The number of hydrazine groups is 1. The number of hydrogen-bond donors (Lipinski definition) is 1. The molecular weight excluding hydrogens is 292 g/mol. The molecular formula is C14H14N2O4S. The van der Waals surface area contributed by atoms with Crippen LogP contribution in [-0.4, -0.2) is 34.9 Å². The summed E-state index contributed by atoms with van der Waals surface area (Å²) < 4.78 is 5.64. The first-order chi connectivity index (χ1) is 10.1. The van der Waals surface area contributed by atoms with Gasteiger partial charge in [-0.25, -0.2) is 0 Å². The predicted molar refractivity (Wildman–Crippen MR) is 73.3 cm³/mol. The van der Waals surface area contributed by atoms with E-state index in [1.54, 1.807) is 11.4 Å². The van der Waals surface area contributed by atoms with E-state index in [1.807, 2.05) is 6.92 Å². The normalized spacial score (nSPS) is 33.7. The molecule has 0 saturated carbocycles. The van der Waals surface area contributed by atoms with E-state index in [1.165, 1.54) is 11.3 Å². The number of fused-ring (bicyclic) bond motifs is 5. The first kappa shape index (κ1) is 13.0. The molecule has 6 nitrogen and oxygen atoms in total. The van der Waals surface area contributed by atoms with Crippen LogP contribution in [0.5, 0.6) is 0 Å². The number of aryl methyl sites for hydroxylation is 1. The van der Waals surface area contributed by atoms with Crippen LogP contribution in [0.25, 0.3) is 0 Å². The second kappa shape index (κ2) is 4.38. The van der Waals surface area contributed by atoms with Gasteiger partial charge in [-0.05, 0) is 25.8 Å². The Labute approximate surface area is 125 Å². The number of nitrogens with zero attached hydrogens (tertiary/aromatic N) is 1. The molecule has 4 heterocycles. The Morgan fingerprint density at radius 2 is 1.90 bits per heavy atom. The van der Waals surface area contributed by atoms with Crippen LogP contribution in [0.1, 0.15) is 28.1 Å². The fraction of sp³-hybridized carbons (Fsp3) is 0.500. The molecule has 0 aromatic carbocycles.